The molecule has 1 rings (SSSR count). The first-order chi connectivity index (χ1) is 8.45. The second kappa shape index (κ2) is 6.54. The molecule has 0 aliphatic heterocycles. The van der Waals surface area contributed by atoms with Crippen LogP contribution >= 0.6 is 0 Å². The topological polar surface area (TPSA) is 72.9 Å². The second-order valence-corrected chi connectivity index (χ2v) is 5.21. The van der Waals surface area contributed by atoms with Crippen molar-refractivity contribution in [2.45, 2.75) is 45.7 Å². The van der Waals surface area contributed by atoms with E-state index in [1.807, 2.05) is 23.9 Å². The van der Waals surface area contributed by atoms with E-state index < -0.39 is 5.54 Å². The summed E-state index contributed by atoms with van der Waals surface area (Å²) in [5.41, 5.74) is 5.20. The summed E-state index contributed by atoms with van der Waals surface area (Å²) in [7, 11) is 0. The highest BCUT2D eigenvalue weighted by Crippen LogP contribution is 2.08. The number of carbonyl (C=O) groups is 1. The van der Waals surface area contributed by atoms with Gasteiger partial charge in [0, 0.05) is 25.5 Å². The van der Waals surface area contributed by atoms with Crippen LogP contribution in [0.25, 0.3) is 0 Å². The first-order valence-electron chi connectivity index (χ1n) is 6.50. The summed E-state index contributed by atoms with van der Waals surface area (Å²) in [6, 6.07) is 1.89. The highest BCUT2D eigenvalue weighted by molar-refractivity contribution is 5.85. The summed E-state index contributed by atoms with van der Waals surface area (Å²) in [6.45, 7) is 7.30. The molecule has 102 valence electrons. The van der Waals surface area contributed by atoms with Crippen LogP contribution in [0.1, 0.15) is 33.6 Å². The number of nitrogens with zero attached hydrogens (tertiary/aromatic N) is 2. The van der Waals surface area contributed by atoms with Gasteiger partial charge >= 0.3 is 0 Å². The van der Waals surface area contributed by atoms with E-state index >= 15 is 0 Å². The number of hydrogen-bond donors (Lipinski definition) is 2. The Labute approximate surface area is 109 Å². The van der Waals surface area contributed by atoms with Gasteiger partial charge in [-0.05, 0) is 25.3 Å². The van der Waals surface area contributed by atoms with Gasteiger partial charge in [0.25, 0.3) is 0 Å². The number of nitrogens with two attached hydrogens (primary N) is 1. The van der Waals surface area contributed by atoms with Gasteiger partial charge in [-0.2, -0.15) is 5.10 Å². The molecule has 0 saturated heterocycles. The van der Waals surface area contributed by atoms with Crippen molar-refractivity contribution in [2.75, 3.05) is 6.54 Å². The molecule has 2 unspecified atom stereocenters. The van der Waals surface area contributed by atoms with E-state index in [1.54, 1.807) is 13.1 Å². The molecule has 5 heteroatoms. The van der Waals surface area contributed by atoms with E-state index in [9.17, 15) is 4.79 Å². The molecule has 3 N–H and O–H groups in total. The molecule has 5 nitrogen and oxygen atoms in total. The normalized spacial score (nSPS) is 16.0. The summed E-state index contributed by atoms with van der Waals surface area (Å²) in [5, 5.41) is 7.06. The number of aromatic nitrogens is 2. The van der Waals surface area contributed by atoms with Crippen molar-refractivity contribution in [1.29, 1.82) is 0 Å². The van der Waals surface area contributed by atoms with Crippen molar-refractivity contribution in [3.63, 3.8) is 0 Å². The monoisotopic (exact) mass is 252 g/mol. The third-order valence-corrected chi connectivity index (χ3v) is 2.96. The molecule has 1 aromatic heterocycles. The minimum Gasteiger partial charge on any atom is -0.354 e. The highest BCUT2D eigenvalue weighted by atomic mass is 16.2. The summed E-state index contributed by atoms with van der Waals surface area (Å²) in [4.78, 5) is 11.9. The molecule has 0 aromatic carbocycles. The van der Waals surface area contributed by atoms with Gasteiger partial charge in [0.15, 0.2) is 0 Å². The average molecular weight is 252 g/mol. The first-order valence-corrected chi connectivity index (χ1v) is 6.50. The fourth-order valence-electron chi connectivity index (χ4n) is 1.89. The Morgan fingerprint density at radius 1 is 1.61 bits per heavy atom. The van der Waals surface area contributed by atoms with Gasteiger partial charge in [-0.1, -0.05) is 20.3 Å². The maximum Gasteiger partial charge on any atom is 0.239 e. The lowest BCUT2D eigenvalue weighted by Gasteiger charge is -2.24. The van der Waals surface area contributed by atoms with Gasteiger partial charge in [-0.15, -0.1) is 0 Å². The number of nitrogens with one attached hydrogen (secondary N) is 1. The van der Waals surface area contributed by atoms with E-state index in [1.165, 1.54) is 0 Å². The molecule has 0 bridgehead atoms. The van der Waals surface area contributed by atoms with Crippen molar-refractivity contribution in [3.8, 4) is 0 Å². The zero-order chi connectivity index (χ0) is 13.6. The van der Waals surface area contributed by atoms with E-state index in [-0.39, 0.29) is 5.91 Å². The highest BCUT2D eigenvalue weighted by Gasteiger charge is 2.26. The van der Waals surface area contributed by atoms with E-state index in [4.69, 9.17) is 5.73 Å². The molecule has 0 saturated carbocycles. The standard InChI is InChI=1S/C13H24N4O/c1-4-6-13(3,14)12(18)15-9-11(2)10-17-8-5-7-16-17/h5,7-8,11H,4,6,9-10,14H2,1-3H3,(H,15,18). The summed E-state index contributed by atoms with van der Waals surface area (Å²) in [6.07, 6.45) is 5.28. The number of amides is 1. The third kappa shape index (κ3) is 4.49. The van der Waals surface area contributed by atoms with Crippen LogP contribution in [-0.4, -0.2) is 27.8 Å². The minimum atomic E-state index is -0.764. The molecule has 1 aromatic rings. The predicted octanol–water partition coefficient (Wildman–Crippen LogP) is 1.15. The van der Waals surface area contributed by atoms with Crippen LogP contribution in [0.3, 0.4) is 0 Å². The molecule has 0 spiro atoms. The van der Waals surface area contributed by atoms with E-state index in [0.29, 0.717) is 18.9 Å². The van der Waals surface area contributed by atoms with Gasteiger partial charge in [0.2, 0.25) is 5.91 Å². The molecule has 0 aliphatic rings. The molecular weight excluding hydrogens is 228 g/mol. The number of hydrogen-bond acceptors (Lipinski definition) is 3. The predicted molar refractivity (Wildman–Crippen MR) is 71.9 cm³/mol. The molecule has 18 heavy (non-hydrogen) atoms. The SMILES string of the molecule is CCCC(C)(N)C(=O)NCC(C)Cn1cccn1. The zero-order valence-corrected chi connectivity index (χ0v) is 11.5. The van der Waals surface area contributed by atoms with Gasteiger partial charge in [0.05, 0.1) is 5.54 Å². The molecule has 1 heterocycles. The van der Waals surface area contributed by atoms with E-state index in [0.717, 1.165) is 13.0 Å². The number of carbonyl (C=O) groups excluding carboxylic acids is 1. The van der Waals surface area contributed by atoms with Gasteiger partial charge in [0.1, 0.15) is 0 Å². The van der Waals surface area contributed by atoms with E-state index in [2.05, 4.69) is 17.3 Å². The lowest BCUT2D eigenvalue weighted by atomic mass is 9.96. The average Bonchev–Trinajstić information content (AvgIpc) is 2.78. The first kappa shape index (κ1) is 14.7. The summed E-state index contributed by atoms with van der Waals surface area (Å²) < 4.78 is 1.87. The lowest BCUT2D eigenvalue weighted by molar-refractivity contribution is -0.126. The van der Waals surface area contributed by atoms with Crippen LogP contribution < -0.4 is 11.1 Å². The Kier molecular flexibility index (Phi) is 5.34. The Hall–Kier alpha value is -1.36. The Bertz CT molecular complexity index is 359. The summed E-state index contributed by atoms with van der Waals surface area (Å²) in [5.74, 6) is 0.253. The summed E-state index contributed by atoms with van der Waals surface area (Å²) >= 11 is 0. The van der Waals surface area contributed by atoms with Crippen LogP contribution in [0.2, 0.25) is 0 Å². The van der Waals surface area contributed by atoms with Crippen molar-refractivity contribution < 1.29 is 4.79 Å². The van der Waals surface area contributed by atoms with Crippen molar-refractivity contribution >= 4 is 5.91 Å². The van der Waals surface area contributed by atoms with Crippen LogP contribution in [0.5, 0.6) is 0 Å². The Morgan fingerprint density at radius 2 is 2.33 bits per heavy atom. The van der Waals surface area contributed by atoms with Crippen LogP contribution in [0, 0.1) is 5.92 Å². The molecule has 0 radical (unpaired) electrons. The number of rotatable bonds is 7. The minimum absolute atomic E-state index is 0.0725. The Balaban J connectivity index is 2.34. The molecule has 0 fully saturated rings. The molecule has 2 atom stereocenters. The van der Waals surface area contributed by atoms with Crippen molar-refractivity contribution in [3.05, 3.63) is 18.5 Å². The maximum atomic E-state index is 11.9. The van der Waals surface area contributed by atoms with Crippen molar-refractivity contribution in [1.82, 2.24) is 15.1 Å². The lowest BCUT2D eigenvalue weighted by Crippen LogP contribution is -2.52. The molecule has 1 amide bonds. The fraction of sp³-hybridized carbons (Fsp3) is 0.692. The van der Waals surface area contributed by atoms with Crippen molar-refractivity contribution in [2.24, 2.45) is 11.7 Å². The van der Waals surface area contributed by atoms with Gasteiger partial charge in [-0.3, -0.25) is 9.48 Å². The molecule has 0 aliphatic carbocycles. The van der Waals surface area contributed by atoms with Gasteiger partial charge in [-0.25, -0.2) is 0 Å². The fourth-order valence-corrected chi connectivity index (χ4v) is 1.89. The smallest absolute Gasteiger partial charge is 0.239 e. The quantitative estimate of drug-likeness (QED) is 0.764. The molecular formula is C13H24N4O. The van der Waals surface area contributed by atoms with Crippen LogP contribution in [0.4, 0.5) is 0 Å². The Morgan fingerprint density at radius 3 is 2.89 bits per heavy atom. The third-order valence-electron chi connectivity index (χ3n) is 2.96. The largest absolute Gasteiger partial charge is 0.354 e. The van der Waals surface area contributed by atoms with Gasteiger partial charge < -0.3 is 11.1 Å². The van der Waals surface area contributed by atoms with Crippen LogP contribution in [0.15, 0.2) is 18.5 Å². The second-order valence-electron chi connectivity index (χ2n) is 5.21. The maximum absolute atomic E-state index is 11.9. The zero-order valence-electron chi connectivity index (χ0n) is 11.5. The van der Waals surface area contributed by atoms with Crippen LogP contribution in [-0.2, 0) is 11.3 Å².